The zero-order chi connectivity index (χ0) is 12.8. The highest BCUT2D eigenvalue weighted by molar-refractivity contribution is 6.30. The van der Waals surface area contributed by atoms with Crippen LogP contribution in [-0.2, 0) is 11.3 Å². The molecule has 5 heteroatoms. The molecule has 0 heterocycles. The van der Waals surface area contributed by atoms with Crippen molar-refractivity contribution in [2.24, 2.45) is 0 Å². The summed E-state index contributed by atoms with van der Waals surface area (Å²) in [5, 5.41) is 12.3. The van der Waals surface area contributed by atoms with Gasteiger partial charge in [0, 0.05) is 17.1 Å². The van der Waals surface area contributed by atoms with Crippen molar-refractivity contribution in [3.8, 4) is 5.75 Å². The number of benzene rings is 1. The van der Waals surface area contributed by atoms with E-state index < -0.39 is 12.0 Å². The van der Waals surface area contributed by atoms with E-state index in [4.69, 9.17) is 21.4 Å². The van der Waals surface area contributed by atoms with Gasteiger partial charge in [0.1, 0.15) is 11.8 Å². The van der Waals surface area contributed by atoms with Crippen molar-refractivity contribution in [1.82, 2.24) is 5.32 Å². The second-order valence-corrected chi connectivity index (χ2v) is 4.06. The minimum absolute atomic E-state index is 0.406. The van der Waals surface area contributed by atoms with E-state index in [9.17, 15) is 4.79 Å². The highest BCUT2D eigenvalue weighted by Gasteiger charge is 2.11. The normalized spacial score (nSPS) is 12.2. The molecular formula is C12H16ClNO3. The van der Waals surface area contributed by atoms with Crippen LogP contribution in [0, 0.1) is 0 Å². The summed E-state index contributed by atoms with van der Waals surface area (Å²) in [5.41, 5.74) is 0.854. The molecule has 1 aromatic rings. The van der Waals surface area contributed by atoms with E-state index in [1.54, 1.807) is 25.1 Å². The highest BCUT2D eigenvalue weighted by atomic mass is 35.5. The number of ether oxygens (including phenoxy) is 1. The summed E-state index contributed by atoms with van der Waals surface area (Å²) in [4.78, 5) is 10.7. The number of nitrogens with one attached hydrogen (secondary N) is 1. The molecule has 1 unspecified atom stereocenters. The van der Waals surface area contributed by atoms with E-state index >= 15 is 0 Å². The summed E-state index contributed by atoms with van der Waals surface area (Å²) in [6, 6.07) is 4.70. The molecule has 0 amide bonds. The molecule has 2 N–H and O–H groups in total. The minimum atomic E-state index is -0.884. The monoisotopic (exact) mass is 257 g/mol. The fraction of sp³-hybridized carbons (Fsp3) is 0.417. The molecule has 94 valence electrons. The van der Waals surface area contributed by atoms with Gasteiger partial charge >= 0.3 is 5.97 Å². The molecule has 0 aliphatic carbocycles. The van der Waals surface area contributed by atoms with Gasteiger partial charge in [-0.1, -0.05) is 11.6 Å². The maximum atomic E-state index is 10.7. The number of hydrogen-bond donors (Lipinski definition) is 2. The Morgan fingerprint density at radius 2 is 2.29 bits per heavy atom. The van der Waals surface area contributed by atoms with Crippen molar-refractivity contribution < 1.29 is 14.6 Å². The van der Waals surface area contributed by atoms with Gasteiger partial charge in [-0.05, 0) is 32.0 Å². The lowest BCUT2D eigenvalue weighted by atomic mass is 10.2. The van der Waals surface area contributed by atoms with Gasteiger partial charge in [-0.25, -0.2) is 0 Å². The third kappa shape index (κ3) is 4.24. The summed E-state index contributed by atoms with van der Waals surface area (Å²) < 4.78 is 5.44. The maximum absolute atomic E-state index is 10.7. The van der Waals surface area contributed by atoms with Crippen LogP contribution in [0.25, 0.3) is 0 Å². The van der Waals surface area contributed by atoms with E-state index in [2.05, 4.69) is 5.32 Å². The fourth-order valence-electron chi connectivity index (χ4n) is 1.33. The molecule has 0 aliphatic heterocycles. The van der Waals surface area contributed by atoms with Crippen molar-refractivity contribution in [3.63, 3.8) is 0 Å². The van der Waals surface area contributed by atoms with Crippen LogP contribution >= 0.6 is 11.6 Å². The molecule has 0 saturated heterocycles. The molecule has 0 fully saturated rings. The Hall–Kier alpha value is -1.26. The van der Waals surface area contributed by atoms with Gasteiger partial charge in [0.15, 0.2) is 0 Å². The molecule has 0 spiro atoms. The molecule has 0 aliphatic rings. The lowest BCUT2D eigenvalue weighted by Crippen LogP contribution is -2.33. The van der Waals surface area contributed by atoms with E-state index in [1.807, 2.05) is 6.92 Å². The smallest absolute Gasteiger partial charge is 0.320 e. The Kier molecular flexibility index (Phi) is 5.25. The predicted molar refractivity (Wildman–Crippen MR) is 66.6 cm³/mol. The SMILES string of the molecule is CCOc1ccc(Cl)cc1CNC(C)C(=O)O. The highest BCUT2D eigenvalue weighted by Crippen LogP contribution is 2.22. The van der Waals surface area contributed by atoms with Crippen molar-refractivity contribution in [3.05, 3.63) is 28.8 Å². The number of carbonyl (C=O) groups is 1. The Labute approximate surface area is 106 Å². The van der Waals surface area contributed by atoms with Crippen LogP contribution in [-0.4, -0.2) is 23.7 Å². The first-order valence-corrected chi connectivity index (χ1v) is 5.79. The van der Waals surface area contributed by atoms with Gasteiger partial charge in [-0.3, -0.25) is 4.79 Å². The molecule has 1 rings (SSSR count). The Morgan fingerprint density at radius 3 is 2.88 bits per heavy atom. The number of rotatable bonds is 6. The molecule has 1 aromatic carbocycles. The quantitative estimate of drug-likeness (QED) is 0.821. The van der Waals surface area contributed by atoms with Crippen LogP contribution in [0.4, 0.5) is 0 Å². The third-order valence-electron chi connectivity index (χ3n) is 2.29. The maximum Gasteiger partial charge on any atom is 0.320 e. The fourth-order valence-corrected chi connectivity index (χ4v) is 1.53. The topological polar surface area (TPSA) is 58.6 Å². The van der Waals surface area contributed by atoms with Crippen LogP contribution in [0.1, 0.15) is 19.4 Å². The van der Waals surface area contributed by atoms with Crippen LogP contribution in [0.3, 0.4) is 0 Å². The van der Waals surface area contributed by atoms with Crippen molar-refractivity contribution in [1.29, 1.82) is 0 Å². The van der Waals surface area contributed by atoms with Crippen molar-refractivity contribution in [2.75, 3.05) is 6.61 Å². The third-order valence-corrected chi connectivity index (χ3v) is 2.53. The van der Waals surface area contributed by atoms with E-state index in [1.165, 1.54) is 0 Å². The predicted octanol–water partition coefficient (Wildman–Crippen LogP) is 2.30. The van der Waals surface area contributed by atoms with E-state index in [0.717, 1.165) is 11.3 Å². The Balaban J connectivity index is 2.74. The molecule has 0 radical (unpaired) electrons. The first-order valence-electron chi connectivity index (χ1n) is 5.42. The first kappa shape index (κ1) is 13.8. The Bertz CT molecular complexity index is 395. The summed E-state index contributed by atoms with van der Waals surface area (Å²) in [6.07, 6.45) is 0. The average molecular weight is 258 g/mol. The van der Waals surface area contributed by atoms with Gasteiger partial charge in [0.2, 0.25) is 0 Å². The molecule has 4 nitrogen and oxygen atoms in total. The second-order valence-electron chi connectivity index (χ2n) is 3.63. The van der Waals surface area contributed by atoms with Crippen LogP contribution in [0.15, 0.2) is 18.2 Å². The van der Waals surface area contributed by atoms with Gasteiger partial charge in [-0.15, -0.1) is 0 Å². The molecule has 0 saturated carbocycles. The molecule has 1 atom stereocenters. The van der Waals surface area contributed by atoms with Crippen LogP contribution in [0.5, 0.6) is 5.75 Å². The summed E-state index contributed by atoms with van der Waals surface area (Å²) >= 11 is 5.90. The van der Waals surface area contributed by atoms with Crippen molar-refractivity contribution in [2.45, 2.75) is 26.4 Å². The molecule has 0 aromatic heterocycles. The number of carboxylic acid groups (broad SMARTS) is 1. The average Bonchev–Trinajstić information content (AvgIpc) is 2.29. The van der Waals surface area contributed by atoms with E-state index in [0.29, 0.717) is 18.2 Å². The summed E-state index contributed by atoms with van der Waals surface area (Å²) in [7, 11) is 0. The van der Waals surface area contributed by atoms with Gasteiger partial charge in [0.05, 0.1) is 6.61 Å². The zero-order valence-electron chi connectivity index (χ0n) is 9.87. The molecular weight excluding hydrogens is 242 g/mol. The first-order chi connectivity index (χ1) is 8.04. The Morgan fingerprint density at radius 1 is 1.59 bits per heavy atom. The summed E-state index contributed by atoms with van der Waals surface area (Å²) in [5.74, 6) is -0.160. The lowest BCUT2D eigenvalue weighted by Gasteiger charge is -2.13. The molecule has 0 bridgehead atoms. The number of hydrogen-bond acceptors (Lipinski definition) is 3. The standard InChI is InChI=1S/C12H16ClNO3/c1-3-17-11-5-4-10(13)6-9(11)7-14-8(2)12(15)16/h4-6,8,14H,3,7H2,1-2H3,(H,15,16). The number of carboxylic acids is 1. The molecule has 17 heavy (non-hydrogen) atoms. The zero-order valence-corrected chi connectivity index (χ0v) is 10.6. The van der Waals surface area contributed by atoms with Crippen LogP contribution < -0.4 is 10.1 Å². The van der Waals surface area contributed by atoms with Gasteiger partial charge in [0.25, 0.3) is 0 Å². The number of aliphatic carboxylic acids is 1. The second kappa shape index (κ2) is 6.47. The summed E-state index contributed by atoms with van der Waals surface area (Å²) in [6.45, 7) is 4.45. The minimum Gasteiger partial charge on any atom is -0.494 e. The van der Waals surface area contributed by atoms with Gasteiger partial charge < -0.3 is 15.2 Å². The van der Waals surface area contributed by atoms with Crippen molar-refractivity contribution >= 4 is 17.6 Å². The number of halogens is 1. The lowest BCUT2D eigenvalue weighted by molar-refractivity contribution is -0.139. The van der Waals surface area contributed by atoms with Crippen LogP contribution in [0.2, 0.25) is 5.02 Å². The van der Waals surface area contributed by atoms with E-state index in [-0.39, 0.29) is 0 Å². The van der Waals surface area contributed by atoms with Gasteiger partial charge in [-0.2, -0.15) is 0 Å². The largest absolute Gasteiger partial charge is 0.494 e.